The first-order valence-corrected chi connectivity index (χ1v) is 11.2. The van der Waals surface area contributed by atoms with Gasteiger partial charge in [-0.25, -0.2) is 4.98 Å². The minimum Gasteiger partial charge on any atom is -0.497 e. The third-order valence-corrected chi connectivity index (χ3v) is 6.23. The molecule has 2 aromatic carbocycles. The third-order valence-electron chi connectivity index (χ3n) is 6.23. The molecular weight excluding hydrogens is 414 g/mol. The Morgan fingerprint density at radius 2 is 2.03 bits per heavy atom. The second-order valence-electron chi connectivity index (χ2n) is 8.44. The van der Waals surface area contributed by atoms with Crippen LogP contribution in [0.3, 0.4) is 0 Å². The number of nitrogens with zero attached hydrogens (tertiary/aromatic N) is 3. The van der Waals surface area contributed by atoms with Gasteiger partial charge in [-0.2, -0.15) is 0 Å². The van der Waals surface area contributed by atoms with E-state index in [2.05, 4.69) is 27.8 Å². The number of aliphatic imine (C=N–C) groups is 1. The quantitative estimate of drug-likeness (QED) is 0.634. The summed E-state index contributed by atoms with van der Waals surface area (Å²) in [7, 11) is 1.61. The average molecular weight is 442 g/mol. The first kappa shape index (κ1) is 21.0. The Balaban J connectivity index is 1.46. The molecule has 1 amide bonds. The van der Waals surface area contributed by atoms with Gasteiger partial charge < -0.3 is 20.3 Å². The van der Waals surface area contributed by atoms with Crippen molar-refractivity contribution in [3.8, 4) is 5.75 Å². The number of ether oxygens (including phenoxy) is 1. The summed E-state index contributed by atoms with van der Waals surface area (Å²) in [5, 5.41) is 7.15. The number of carbonyl (C=O) groups is 1. The smallest absolute Gasteiger partial charge is 0.254 e. The van der Waals surface area contributed by atoms with Crippen LogP contribution in [0.15, 0.2) is 77.9 Å². The number of nitrogens with one attached hydrogen (secondary N) is 2. The lowest BCUT2D eigenvalue weighted by atomic mass is 9.85. The summed E-state index contributed by atoms with van der Waals surface area (Å²) in [5.74, 6) is 2.25. The minimum atomic E-state index is -0.502. The highest BCUT2D eigenvalue weighted by Gasteiger charge is 2.45. The van der Waals surface area contributed by atoms with E-state index in [9.17, 15) is 4.79 Å². The lowest BCUT2D eigenvalue weighted by Gasteiger charge is -2.47. The second-order valence-corrected chi connectivity index (χ2v) is 8.44. The Morgan fingerprint density at radius 1 is 1.15 bits per heavy atom. The lowest BCUT2D eigenvalue weighted by Crippen LogP contribution is -2.62. The molecule has 1 spiro atoms. The highest BCUT2D eigenvalue weighted by Crippen LogP contribution is 2.35. The van der Waals surface area contributed by atoms with Crippen LogP contribution in [-0.2, 0) is 6.54 Å². The number of benzene rings is 2. The molecule has 5 rings (SSSR count). The number of fused-ring (bicyclic) bond motifs is 1. The Bertz CT molecular complexity index is 1180. The molecule has 3 aromatic rings. The van der Waals surface area contributed by atoms with Crippen molar-refractivity contribution >= 4 is 23.2 Å². The zero-order chi connectivity index (χ0) is 22.7. The Hall–Kier alpha value is -3.87. The zero-order valence-electron chi connectivity index (χ0n) is 18.6. The molecule has 0 saturated carbocycles. The number of carbonyl (C=O) groups excluding carboxylic acids is 1. The van der Waals surface area contributed by atoms with Crippen molar-refractivity contribution in [1.82, 2.24) is 9.88 Å². The lowest BCUT2D eigenvalue weighted by molar-refractivity contribution is 0.0694. The normalized spacial score (nSPS) is 20.6. The van der Waals surface area contributed by atoms with Crippen molar-refractivity contribution < 1.29 is 9.53 Å². The van der Waals surface area contributed by atoms with Gasteiger partial charge in [0.25, 0.3) is 5.91 Å². The molecule has 0 aliphatic carbocycles. The van der Waals surface area contributed by atoms with Crippen LogP contribution in [0.2, 0.25) is 0 Å². The molecule has 2 aliphatic heterocycles. The maximum absolute atomic E-state index is 13.4. The van der Waals surface area contributed by atoms with Gasteiger partial charge in [-0.1, -0.05) is 36.4 Å². The fourth-order valence-electron chi connectivity index (χ4n) is 4.56. The van der Waals surface area contributed by atoms with Crippen LogP contribution >= 0.6 is 0 Å². The average Bonchev–Trinajstić information content (AvgIpc) is 2.87. The Labute approximate surface area is 193 Å². The molecule has 1 fully saturated rings. The van der Waals surface area contributed by atoms with Crippen molar-refractivity contribution in [2.24, 2.45) is 4.99 Å². The molecule has 0 bridgehead atoms. The molecular formula is C26H27N5O2. The van der Waals surface area contributed by atoms with Crippen LogP contribution in [0.4, 0.5) is 11.5 Å². The van der Waals surface area contributed by atoms with E-state index >= 15 is 0 Å². The van der Waals surface area contributed by atoms with Gasteiger partial charge in [0, 0.05) is 18.3 Å². The second kappa shape index (κ2) is 8.94. The standard InChI is InChI=1S/C26H27N5O2/c1-33-21-11-5-10-20(16-21)24(32)31-15-7-13-26(18-31)25(28-17-19-8-3-2-4-9-19)29-23-22(30-26)12-6-14-27-23/h2-6,8-12,14,16,30H,7,13,15,17-18H2,1H3,(H,27,28,29)/t26-/m1/s1. The molecule has 33 heavy (non-hydrogen) atoms. The monoisotopic (exact) mass is 441 g/mol. The summed E-state index contributed by atoms with van der Waals surface area (Å²) < 4.78 is 5.31. The molecule has 3 heterocycles. The Morgan fingerprint density at radius 3 is 2.88 bits per heavy atom. The molecule has 1 saturated heterocycles. The molecule has 0 unspecified atom stereocenters. The van der Waals surface area contributed by atoms with Gasteiger partial charge in [-0.3, -0.25) is 9.79 Å². The van der Waals surface area contributed by atoms with Gasteiger partial charge in [0.05, 0.1) is 25.9 Å². The van der Waals surface area contributed by atoms with Crippen LogP contribution in [0.1, 0.15) is 28.8 Å². The molecule has 2 N–H and O–H groups in total. The maximum Gasteiger partial charge on any atom is 0.254 e. The number of aromatic nitrogens is 1. The summed E-state index contributed by atoms with van der Waals surface area (Å²) in [6, 6.07) is 21.4. The summed E-state index contributed by atoms with van der Waals surface area (Å²) in [5.41, 5.74) is 2.18. The third kappa shape index (κ3) is 4.26. The first-order chi connectivity index (χ1) is 16.2. The van der Waals surface area contributed by atoms with Crippen LogP contribution in [-0.4, -0.2) is 47.4 Å². The highest BCUT2D eigenvalue weighted by atomic mass is 16.5. The van der Waals surface area contributed by atoms with Crippen molar-refractivity contribution in [3.63, 3.8) is 0 Å². The number of hydrogen-bond donors (Lipinski definition) is 2. The summed E-state index contributed by atoms with van der Waals surface area (Å²) in [6.07, 6.45) is 3.49. The van der Waals surface area contributed by atoms with Crippen LogP contribution < -0.4 is 15.4 Å². The molecule has 2 aliphatic rings. The van der Waals surface area contributed by atoms with Gasteiger partial charge in [-0.05, 0) is 48.7 Å². The van der Waals surface area contributed by atoms with Gasteiger partial charge in [0.2, 0.25) is 0 Å². The molecule has 7 nitrogen and oxygen atoms in total. The van der Waals surface area contributed by atoms with E-state index in [4.69, 9.17) is 9.73 Å². The SMILES string of the molecule is COc1cccc(C(=O)N2CCC[C@]3(C2)Nc2cccnc2NC3=NCc2ccccc2)c1. The van der Waals surface area contributed by atoms with Crippen LogP contribution in [0.5, 0.6) is 5.75 Å². The van der Waals surface area contributed by atoms with Crippen molar-refractivity contribution in [1.29, 1.82) is 0 Å². The molecule has 0 radical (unpaired) electrons. The fourth-order valence-corrected chi connectivity index (χ4v) is 4.56. The fraction of sp³-hybridized carbons (Fsp3) is 0.269. The maximum atomic E-state index is 13.4. The number of amides is 1. The predicted octanol–water partition coefficient (Wildman–Crippen LogP) is 4.20. The number of likely N-dealkylation sites (tertiary alicyclic amines) is 1. The minimum absolute atomic E-state index is 0.00540. The molecule has 7 heteroatoms. The number of rotatable bonds is 4. The van der Waals surface area contributed by atoms with E-state index in [0.29, 0.717) is 30.9 Å². The summed E-state index contributed by atoms with van der Waals surface area (Å²) >= 11 is 0. The van der Waals surface area contributed by atoms with E-state index in [-0.39, 0.29) is 5.91 Å². The van der Waals surface area contributed by atoms with E-state index in [1.807, 2.05) is 53.4 Å². The van der Waals surface area contributed by atoms with Crippen molar-refractivity contribution in [3.05, 3.63) is 84.1 Å². The molecule has 1 atom stereocenters. The number of methoxy groups -OCH3 is 1. The number of hydrogen-bond acceptors (Lipinski definition) is 5. The largest absolute Gasteiger partial charge is 0.497 e. The van der Waals surface area contributed by atoms with Gasteiger partial charge >= 0.3 is 0 Å². The van der Waals surface area contributed by atoms with Crippen LogP contribution in [0, 0.1) is 0 Å². The summed E-state index contributed by atoms with van der Waals surface area (Å²) in [4.78, 5) is 24.7. The van der Waals surface area contributed by atoms with Crippen molar-refractivity contribution in [2.45, 2.75) is 24.9 Å². The number of anilines is 2. The first-order valence-electron chi connectivity index (χ1n) is 11.2. The number of amidine groups is 1. The number of piperidine rings is 1. The van der Waals surface area contributed by atoms with Crippen LogP contribution in [0.25, 0.3) is 0 Å². The van der Waals surface area contributed by atoms with E-state index in [1.165, 1.54) is 0 Å². The predicted molar refractivity (Wildman–Crippen MR) is 130 cm³/mol. The van der Waals surface area contributed by atoms with E-state index in [1.54, 1.807) is 19.4 Å². The van der Waals surface area contributed by atoms with E-state index < -0.39 is 5.54 Å². The van der Waals surface area contributed by atoms with E-state index in [0.717, 1.165) is 35.7 Å². The summed E-state index contributed by atoms with van der Waals surface area (Å²) in [6.45, 7) is 1.77. The number of pyridine rings is 1. The van der Waals surface area contributed by atoms with Gasteiger partial charge in [-0.15, -0.1) is 0 Å². The topological polar surface area (TPSA) is 78.8 Å². The molecule has 1 aromatic heterocycles. The molecule has 168 valence electrons. The Kier molecular flexibility index (Phi) is 5.69. The van der Waals surface area contributed by atoms with Gasteiger partial charge in [0.1, 0.15) is 17.1 Å². The van der Waals surface area contributed by atoms with Crippen molar-refractivity contribution in [2.75, 3.05) is 30.8 Å². The zero-order valence-corrected chi connectivity index (χ0v) is 18.6. The van der Waals surface area contributed by atoms with Gasteiger partial charge in [0.15, 0.2) is 5.82 Å². The highest BCUT2D eigenvalue weighted by molar-refractivity contribution is 6.09.